The van der Waals surface area contributed by atoms with E-state index in [0.717, 1.165) is 17.0 Å². The summed E-state index contributed by atoms with van der Waals surface area (Å²) in [5.74, 6) is 0.0715. The molecule has 5 nitrogen and oxygen atoms in total. The first-order valence-electron chi connectivity index (χ1n) is 10.8. The van der Waals surface area contributed by atoms with Crippen molar-refractivity contribution in [3.63, 3.8) is 0 Å². The number of carbonyl (C=O) groups excluding carboxylic acids is 2. The topological polar surface area (TPSA) is 52.7 Å². The summed E-state index contributed by atoms with van der Waals surface area (Å²) in [6.45, 7) is 7.05. The van der Waals surface area contributed by atoms with Gasteiger partial charge in [0, 0.05) is 47.0 Å². The molecule has 1 aromatic heterocycles. The van der Waals surface area contributed by atoms with Gasteiger partial charge in [-0.25, -0.2) is 0 Å². The minimum atomic E-state index is -0.0401. The van der Waals surface area contributed by atoms with Gasteiger partial charge in [-0.2, -0.15) is 0 Å². The Morgan fingerprint density at radius 3 is 2.34 bits per heavy atom. The third kappa shape index (κ3) is 6.70. The number of hydrogen-bond acceptors (Lipinski definition) is 4. The quantitative estimate of drug-likeness (QED) is 0.568. The average Bonchev–Trinajstić information content (AvgIpc) is 3.20. The standard InChI is InChI=1S/C24H31Cl2N3O2S/c1-24(2,15-28(3)4)14-27-22(30)16-7-9-29(10-8-16)23(31)21-6-5-20(32-21)17-11-18(25)13-19(26)12-17/h5-6,11-13,16H,7-10,14-15H2,1-4H3,(H,27,30). The molecular formula is C24H31Cl2N3O2S. The number of carbonyl (C=O) groups is 2. The van der Waals surface area contributed by atoms with Gasteiger partial charge in [0.15, 0.2) is 0 Å². The number of rotatable bonds is 7. The van der Waals surface area contributed by atoms with Crippen molar-refractivity contribution in [1.82, 2.24) is 15.1 Å². The van der Waals surface area contributed by atoms with E-state index < -0.39 is 0 Å². The molecule has 0 bridgehead atoms. The molecule has 0 spiro atoms. The fraction of sp³-hybridized carbons (Fsp3) is 0.500. The van der Waals surface area contributed by atoms with Crippen LogP contribution in [0.25, 0.3) is 10.4 Å². The highest BCUT2D eigenvalue weighted by Crippen LogP contribution is 2.33. The lowest BCUT2D eigenvalue weighted by Gasteiger charge is -2.33. The molecule has 1 saturated heterocycles. The summed E-state index contributed by atoms with van der Waals surface area (Å²) in [4.78, 5) is 31.3. The first-order chi connectivity index (χ1) is 15.0. The third-order valence-electron chi connectivity index (χ3n) is 5.60. The van der Waals surface area contributed by atoms with Crippen LogP contribution in [0.4, 0.5) is 0 Å². The van der Waals surface area contributed by atoms with Crippen LogP contribution < -0.4 is 5.32 Å². The second-order valence-corrected chi connectivity index (χ2v) is 11.5. The molecule has 2 heterocycles. The van der Waals surface area contributed by atoms with Gasteiger partial charge in [0.05, 0.1) is 4.88 Å². The molecule has 1 aliphatic heterocycles. The van der Waals surface area contributed by atoms with Crippen LogP contribution in [-0.4, -0.2) is 61.9 Å². The zero-order chi connectivity index (χ0) is 23.5. The van der Waals surface area contributed by atoms with Gasteiger partial charge >= 0.3 is 0 Å². The number of likely N-dealkylation sites (tertiary alicyclic amines) is 1. The molecule has 1 N–H and O–H groups in total. The molecule has 0 saturated carbocycles. The Kier molecular flexibility index (Phi) is 8.26. The van der Waals surface area contributed by atoms with Crippen molar-refractivity contribution in [3.05, 3.63) is 45.3 Å². The van der Waals surface area contributed by atoms with Crippen molar-refractivity contribution in [1.29, 1.82) is 0 Å². The molecule has 2 aromatic rings. The number of hydrogen-bond donors (Lipinski definition) is 1. The van der Waals surface area contributed by atoms with E-state index >= 15 is 0 Å². The van der Waals surface area contributed by atoms with E-state index in [-0.39, 0.29) is 23.1 Å². The van der Waals surface area contributed by atoms with Crippen LogP contribution in [0.15, 0.2) is 30.3 Å². The predicted octanol–water partition coefficient (Wildman–Crippen LogP) is 5.28. The molecule has 3 rings (SSSR count). The Balaban J connectivity index is 1.53. The lowest BCUT2D eigenvalue weighted by Crippen LogP contribution is -2.45. The molecule has 0 atom stereocenters. The molecule has 8 heteroatoms. The van der Waals surface area contributed by atoms with E-state index in [1.807, 2.05) is 43.3 Å². The van der Waals surface area contributed by atoms with Crippen molar-refractivity contribution in [2.24, 2.45) is 11.3 Å². The summed E-state index contributed by atoms with van der Waals surface area (Å²) in [6.07, 6.45) is 1.38. The Labute approximate surface area is 204 Å². The first-order valence-corrected chi connectivity index (χ1v) is 12.4. The predicted molar refractivity (Wildman–Crippen MR) is 134 cm³/mol. The van der Waals surface area contributed by atoms with Crippen LogP contribution in [0.5, 0.6) is 0 Å². The number of nitrogens with one attached hydrogen (secondary N) is 1. The fourth-order valence-corrected chi connectivity index (χ4v) is 5.67. The van der Waals surface area contributed by atoms with E-state index in [0.29, 0.717) is 47.4 Å². The summed E-state index contributed by atoms with van der Waals surface area (Å²) in [5, 5.41) is 4.25. The number of halogens is 2. The lowest BCUT2D eigenvalue weighted by atomic mass is 9.91. The minimum Gasteiger partial charge on any atom is -0.355 e. The van der Waals surface area contributed by atoms with Gasteiger partial charge in [0.25, 0.3) is 5.91 Å². The van der Waals surface area contributed by atoms with Crippen LogP contribution in [0, 0.1) is 11.3 Å². The van der Waals surface area contributed by atoms with Gasteiger partial charge in [-0.3, -0.25) is 9.59 Å². The molecule has 2 amide bonds. The number of thiophene rings is 1. The molecular weight excluding hydrogens is 465 g/mol. The van der Waals surface area contributed by atoms with Gasteiger partial charge in [0.2, 0.25) is 5.91 Å². The van der Waals surface area contributed by atoms with E-state index in [4.69, 9.17) is 23.2 Å². The summed E-state index contributed by atoms with van der Waals surface area (Å²) in [5.41, 5.74) is 0.916. The van der Waals surface area contributed by atoms with E-state index in [2.05, 4.69) is 24.1 Å². The van der Waals surface area contributed by atoms with Gasteiger partial charge in [0.1, 0.15) is 0 Å². The summed E-state index contributed by atoms with van der Waals surface area (Å²) in [7, 11) is 4.08. The summed E-state index contributed by atoms with van der Waals surface area (Å²) < 4.78 is 0. The van der Waals surface area contributed by atoms with E-state index in [1.54, 1.807) is 6.07 Å². The van der Waals surface area contributed by atoms with Crippen molar-refractivity contribution in [2.75, 3.05) is 40.3 Å². The van der Waals surface area contributed by atoms with Crippen LogP contribution in [-0.2, 0) is 4.79 Å². The van der Waals surface area contributed by atoms with Gasteiger partial charge in [-0.1, -0.05) is 37.0 Å². The maximum Gasteiger partial charge on any atom is 0.263 e. The van der Waals surface area contributed by atoms with E-state index in [1.165, 1.54) is 11.3 Å². The normalized spacial score (nSPS) is 15.3. The Morgan fingerprint density at radius 1 is 1.12 bits per heavy atom. The Hall–Kier alpha value is -1.60. The maximum atomic E-state index is 13.0. The monoisotopic (exact) mass is 495 g/mol. The zero-order valence-corrected chi connectivity index (χ0v) is 21.4. The molecule has 1 aliphatic rings. The fourth-order valence-electron chi connectivity index (χ4n) is 4.19. The molecule has 174 valence electrons. The van der Waals surface area contributed by atoms with Gasteiger partial charge in [-0.05, 0) is 68.2 Å². The number of nitrogens with zero attached hydrogens (tertiary/aromatic N) is 2. The molecule has 1 fully saturated rings. The maximum absolute atomic E-state index is 13.0. The van der Waals surface area contributed by atoms with Gasteiger partial charge < -0.3 is 15.1 Å². The average molecular weight is 497 g/mol. The SMILES string of the molecule is CN(C)CC(C)(C)CNC(=O)C1CCN(C(=O)c2ccc(-c3cc(Cl)cc(Cl)c3)s2)CC1. The van der Waals surface area contributed by atoms with Crippen molar-refractivity contribution < 1.29 is 9.59 Å². The largest absolute Gasteiger partial charge is 0.355 e. The van der Waals surface area contributed by atoms with Crippen molar-refractivity contribution in [3.8, 4) is 10.4 Å². The second kappa shape index (κ2) is 10.6. The molecule has 0 aliphatic carbocycles. The van der Waals surface area contributed by atoms with Gasteiger partial charge in [-0.15, -0.1) is 11.3 Å². The van der Waals surface area contributed by atoms with Crippen LogP contribution >= 0.6 is 34.5 Å². The zero-order valence-electron chi connectivity index (χ0n) is 19.1. The number of amides is 2. The summed E-state index contributed by atoms with van der Waals surface area (Å²) in [6, 6.07) is 9.16. The third-order valence-corrected chi connectivity index (χ3v) is 7.16. The lowest BCUT2D eigenvalue weighted by molar-refractivity contribution is -0.126. The number of benzene rings is 1. The molecule has 0 unspecified atom stereocenters. The minimum absolute atomic E-state index is 0.0138. The Bertz CT molecular complexity index is 946. The Morgan fingerprint density at radius 2 is 1.75 bits per heavy atom. The van der Waals surface area contributed by atoms with Crippen LogP contribution in [0.1, 0.15) is 36.4 Å². The highest BCUT2D eigenvalue weighted by Gasteiger charge is 2.29. The summed E-state index contributed by atoms with van der Waals surface area (Å²) >= 11 is 13.7. The van der Waals surface area contributed by atoms with Crippen LogP contribution in [0.3, 0.4) is 0 Å². The molecule has 32 heavy (non-hydrogen) atoms. The van der Waals surface area contributed by atoms with Crippen molar-refractivity contribution in [2.45, 2.75) is 26.7 Å². The highest BCUT2D eigenvalue weighted by molar-refractivity contribution is 7.17. The second-order valence-electron chi connectivity index (χ2n) is 9.51. The van der Waals surface area contributed by atoms with Crippen LogP contribution in [0.2, 0.25) is 10.0 Å². The first kappa shape index (κ1) is 25.0. The smallest absolute Gasteiger partial charge is 0.263 e. The van der Waals surface area contributed by atoms with Crippen molar-refractivity contribution >= 4 is 46.4 Å². The van der Waals surface area contributed by atoms with E-state index in [9.17, 15) is 9.59 Å². The molecule has 1 aromatic carbocycles. The highest BCUT2D eigenvalue weighted by atomic mass is 35.5. The number of piperidine rings is 1. The molecule has 0 radical (unpaired) electrons.